The zero-order valence-corrected chi connectivity index (χ0v) is 9.87. The number of hydrogen-bond acceptors (Lipinski definition) is 3. The second-order valence-corrected chi connectivity index (χ2v) is 3.65. The van der Waals surface area contributed by atoms with Crippen molar-refractivity contribution in [1.29, 1.82) is 0 Å². The summed E-state index contributed by atoms with van der Waals surface area (Å²) < 4.78 is 0. The van der Waals surface area contributed by atoms with Gasteiger partial charge in [0, 0.05) is 17.1 Å². The first-order chi connectivity index (χ1) is 6.49. The molecule has 0 aromatic carbocycles. The van der Waals surface area contributed by atoms with Crippen molar-refractivity contribution < 1.29 is 31.8 Å². The molecule has 1 rings (SSSR count). The molecule has 89 valence electrons. The fraction of sp³-hybridized carbons (Fsp3) is 0.600. The fourth-order valence-electron chi connectivity index (χ4n) is 1.54. The molecule has 0 spiro atoms. The molecule has 0 aromatic rings. The first-order valence-electron chi connectivity index (χ1n) is 4.74. The minimum Gasteiger partial charge on any atom is -0.509 e. The predicted octanol–water partition coefficient (Wildman–Crippen LogP) is 0.930. The van der Waals surface area contributed by atoms with Gasteiger partial charge in [0.05, 0.1) is 6.04 Å². The van der Waals surface area contributed by atoms with Crippen LogP contribution in [0.4, 0.5) is 0 Å². The van der Waals surface area contributed by atoms with Gasteiger partial charge in [0.2, 0.25) is 0 Å². The molecule has 2 N–H and O–H groups in total. The van der Waals surface area contributed by atoms with Gasteiger partial charge >= 0.3 is 0 Å². The molecular formula is C10H15CuNO3. The first-order valence-corrected chi connectivity index (χ1v) is 4.74. The van der Waals surface area contributed by atoms with Crippen molar-refractivity contribution in [3.05, 3.63) is 11.3 Å². The van der Waals surface area contributed by atoms with Crippen LogP contribution in [0.1, 0.15) is 27.2 Å². The molecule has 0 aliphatic carbocycles. The van der Waals surface area contributed by atoms with E-state index in [-0.39, 0.29) is 40.1 Å². The number of aliphatic hydroxyl groups excluding tert-OH is 1. The molecule has 2 atom stereocenters. The summed E-state index contributed by atoms with van der Waals surface area (Å²) in [6.07, 6.45) is 0.834. The van der Waals surface area contributed by atoms with E-state index in [9.17, 15) is 14.7 Å². The van der Waals surface area contributed by atoms with E-state index in [0.717, 1.165) is 6.42 Å². The molecular weight excluding hydrogens is 246 g/mol. The van der Waals surface area contributed by atoms with Gasteiger partial charge in [0.15, 0.2) is 5.78 Å². The number of rotatable bonds is 3. The maximum Gasteiger partial charge on any atom is 0.259 e. The Hall–Kier alpha value is -0.801. The van der Waals surface area contributed by atoms with Crippen LogP contribution in [0.5, 0.6) is 0 Å². The van der Waals surface area contributed by atoms with E-state index in [0.29, 0.717) is 0 Å². The van der Waals surface area contributed by atoms with Crippen molar-refractivity contribution in [2.24, 2.45) is 5.92 Å². The van der Waals surface area contributed by atoms with Crippen LogP contribution >= 0.6 is 0 Å². The quantitative estimate of drug-likeness (QED) is 0.586. The van der Waals surface area contributed by atoms with Gasteiger partial charge in [-0.1, -0.05) is 20.3 Å². The van der Waals surface area contributed by atoms with Crippen molar-refractivity contribution in [3.63, 3.8) is 0 Å². The van der Waals surface area contributed by atoms with Gasteiger partial charge in [-0.3, -0.25) is 9.59 Å². The number of aliphatic hydroxyl groups is 1. The SMILES string of the molecule is CCC(C)C1NC(=O)C(C(C)=O)=C1O.[Cu]. The van der Waals surface area contributed by atoms with Gasteiger partial charge in [-0.15, -0.1) is 0 Å². The van der Waals surface area contributed by atoms with Crippen LogP contribution in [-0.2, 0) is 26.7 Å². The van der Waals surface area contributed by atoms with E-state index in [4.69, 9.17) is 0 Å². The molecule has 0 aromatic heterocycles. The first kappa shape index (κ1) is 14.2. The molecule has 1 heterocycles. The normalized spacial score (nSPS) is 22.1. The molecule has 0 bridgehead atoms. The summed E-state index contributed by atoms with van der Waals surface area (Å²) in [6.45, 7) is 5.17. The third kappa shape index (κ3) is 2.61. The second kappa shape index (κ2) is 5.33. The Morgan fingerprint density at radius 2 is 2.13 bits per heavy atom. The monoisotopic (exact) mass is 260 g/mol. The number of Topliss-reactive ketones (excluding diaryl/α,β-unsaturated/α-hetero) is 1. The number of carbonyl (C=O) groups excluding carboxylic acids is 2. The van der Waals surface area contributed by atoms with Gasteiger partial charge in [0.1, 0.15) is 11.3 Å². The average Bonchev–Trinajstić information content (AvgIpc) is 2.40. The molecule has 0 saturated carbocycles. The summed E-state index contributed by atoms with van der Waals surface area (Å²) in [5.74, 6) is -0.807. The fourth-order valence-corrected chi connectivity index (χ4v) is 1.54. The van der Waals surface area contributed by atoms with Gasteiger partial charge < -0.3 is 10.4 Å². The minimum atomic E-state index is -0.458. The molecule has 0 fully saturated rings. The van der Waals surface area contributed by atoms with Crippen LogP contribution < -0.4 is 5.32 Å². The van der Waals surface area contributed by atoms with Crippen LogP contribution in [0.15, 0.2) is 11.3 Å². The van der Waals surface area contributed by atoms with E-state index < -0.39 is 11.9 Å². The van der Waals surface area contributed by atoms with Crippen LogP contribution in [0.3, 0.4) is 0 Å². The van der Waals surface area contributed by atoms with Crippen molar-refractivity contribution in [1.82, 2.24) is 5.32 Å². The van der Waals surface area contributed by atoms with Crippen molar-refractivity contribution >= 4 is 11.7 Å². The maximum absolute atomic E-state index is 11.3. The standard InChI is InChI=1S/C10H15NO3.Cu/c1-4-5(2)8-9(13)7(6(3)12)10(14)11-8;/h5,8,13H,4H2,1-3H3,(H,11,14);. The molecule has 5 heteroatoms. The topological polar surface area (TPSA) is 66.4 Å². The van der Waals surface area contributed by atoms with Crippen LogP contribution in [-0.4, -0.2) is 22.8 Å². The van der Waals surface area contributed by atoms with E-state index in [1.807, 2.05) is 13.8 Å². The van der Waals surface area contributed by atoms with Gasteiger partial charge in [-0.2, -0.15) is 0 Å². The molecule has 0 saturated heterocycles. The third-order valence-electron chi connectivity index (χ3n) is 2.63. The van der Waals surface area contributed by atoms with Crippen molar-refractivity contribution in [2.45, 2.75) is 33.2 Å². The largest absolute Gasteiger partial charge is 0.509 e. The zero-order chi connectivity index (χ0) is 10.9. The summed E-state index contributed by atoms with van der Waals surface area (Å²) in [4.78, 5) is 22.4. The Morgan fingerprint density at radius 3 is 2.47 bits per heavy atom. The van der Waals surface area contributed by atoms with E-state index in [1.54, 1.807) is 0 Å². The molecule has 1 aliphatic rings. The van der Waals surface area contributed by atoms with Gasteiger partial charge in [-0.25, -0.2) is 0 Å². The van der Waals surface area contributed by atoms with E-state index in [1.165, 1.54) is 6.92 Å². The van der Waals surface area contributed by atoms with Crippen molar-refractivity contribution in [2.75, 3.05) is 0 Å². The Labute approximate surface area is 99.6 Å². The molecule has 1 aliphatic heterocycles. The Bertz CT molecular complexity index is 312. The summed E-state index contributed by atoms with van der Waals surface area (Å²) in [6, 6.07) is -0.397. The summed E-state index contributed by atoms with van der Waals surface area (Å²) in [5.41, 5.74) is -0.0877. The Balaban J connectivity index is 0.00000196. The molecule has 4 nitrogen and oxygen atoms in total. The average molecular weight is 261 g/mol. The smallest absolute Gasteiger partial charge is 0.259 e. The number of carbonyl (C=O) groups is 2. The summed E-state index contributed by atoms with van der Waals surface area (Å²) >= 11 is 0. The number of nitrogens with one attached hydrogen (secondary N) is 1. The molecule has 15 heavy (non-hydrogen) atoms. The molecule has 1 radical (unpaired) electrons. The predicted molar refractivity (Wildman–Crippen MR) is 51.7 cm³/mol. The van der Waals surface area contributed by atoms with Crippen molar-refractivity contribution in [3.8, 4) is 0 Å². The maximum atomic E-state index is 11.3. The Kier molecular flexibility index (Phi) is 5.04. The van der Waals surface area contributed by atoms with Gasteiger partial charge in [0.25, 0.3) is 5.91 Å². The van der Waals surface area contributed by atoms with Crippen LogP contribution in [0.2, 0.25) is 0 Å². The summed E-state index contributed by atoms with van der Waals surface area (Å²) in [7, 11) is 0. The van der Waals surface area contributed by atoms with E-state index in [2.05, 4.69) is 5.32 Å². The van der Waals surface area contributed by atoms with Crippen LogP contribution in [0, 0.1) is 5.92 Å². The van der Waals surface area contributed by atoms with Gasteiger partial charge in [-0.05, 0) is 12.8 Å². The number of amides is 1. The van der Waals surface area contributed by atoms with E-state index >= 15 is 0 Å². The second-order valence-electron chi connectivity index (χ2n) is 3.65. The third-order valence-corrected chi connectivity index (χ3v) is 2.63. The Morgan fingerprint density at radius 1 is 1.60 bits per heavy atom. The minimum absolute atomic E-state index is 0. The number of ketones is 1. The molecule has 1 amide bonds. The molecule has 2 unspecified atom stereocenters. The number of hydrogen-bond donors (Lipinski definition) is 2. The summed E-state index contributed by atoms with van der Waals surface area (Å²) in [5, 5.41) is 12.3. The zero-order valence-electron chi connectivity index (χ0n) is 8.93. The van der Waals surface area contributed by atoms with Crippen LogP contribution in [0.25, 0.3) is 0 Å².